The molecule has 22 heavy (non-hydrogen) atoms. The fourth-order valence-electron chi connectivity index (χ4n) is 2.28. The second kappa shape index (κ2) is 6.66. The zero-order valence-electron chi connectivity index (χ0n) is 11.1. The van der Waals surface area contributed by atoms with Crippen LogP contribution in [-0.2, 0) is 4.79 Å². The normalized spacial score (nSPS) is 15.8. The van der Waals surface area contributed by atoms with Gasteiger partial charge >= 0.3 is 0 Å². The third kappa shape index (κ3) is 3.68. The average molecular weight is 387 g/mol. The van der Waals surface area contributed by atoms with E-state index in [9.17, 15) is 14.9 Å². The molecule has 1 aromatic carbocycles. The Morgan fingerprint density at radius 3 is 2.27 bits per heavy atom. The first-order valence-electron chi connectivity index (χ1n) is 6.25. The Balaban J connectivity index is 2.16. The summed E-state index contributed by atoms with van der Waals surface area (Å²) in [6.07, 6.45) is 0. The summed E-state index contributed by atoms with van der Waals surface area (Å²) >= 11 is 22.8. The molecular formula is C12H11Cl4N3O3. The highest BCUT2D eigenvalue weighted by Gasteiger charge is 2.37. The lowest BCUT2D eigenvalue weighted by Crippen LogP contribution is -2.52. The molecule has 2 rings (SSSR count). The number of nitro benzene ring substituents is 1. The van der Waals surface area contributed by atoms with E-state index in [1.54, 1.807) is 11.0 Å². The van der Waals surface area contributed by atoms with Crippen LogP contribution in [0.25, 0.3) is 0 Å². The third-order valence-electron chi connectivity index (χ3n) is 3.29. The molecule has 0 saturated carbocycles. The summed E-state index contributed by atoms with van der Waals surface area (Å²) in [5, 5.41) is 11.4. The monoisotopic (exact) mass is 385 g/mol. The molecule has 0 N–H and O–H groups in total. The molecule has 1 saturated heterocycles. The van der Waals surface area contributed by atoms with Gasteiger partial charge in [-0.25, -0.2) is 0 Å². The number of amides is 1. The molecule has 0 atom stereocenters. The Morgan fingerprint density at radius 2 is 1.77 bits per heavy atom. The number of alkyl halides is 3. The predicted octanol–water partition coefficient (Wildman–Crippen LogP) is 3.27. The molecule has 1 aliphatic rings. The molecule has 1 fully saturated rings. The van der Waals surface area contributed by atoms with E-state index >= 15 is 0 Å². The van der Waals surface area contributed by atoms with Crippen LogP contribution in [0.1, 0.15) is 0 Å². The minimum absolute atomic E-state index is 0.0753. The molecule has 6 nitrogen and oxygen atoms in total. The quantitative estimate of drug-likeness (QED) is 0.444. The van der Waals surface area contributed by atoms with Crippen molar-refractivity contribution in [3.8, 4) is 0 Å². The molecular weight excluding hydrogens is 376 g/mol. The number of nitro groups is 1. The van der Waals surface area contributed by atoms with Crippen molar-refractivity contribution in [1.82, 2.24) is 4.90 Å². The van der Waals surface area contributed by atoms with Gasteiger partial charge in [-0.15, -0.1) is 0 Å². The molecule has 120 valence electrons. The van der Waals surface area contributed by atoms with Gasteiger partial charge < -0.3 is 9.80 Å². The van der Waals surface area contributed by atoms with E-state index < -0.39 is 14.6 Å². The molecule has 0 radical (unpaired) electrons. The summed E-state index contributed by atoms with van der Waals surface area (Å²) < 4.78 is -2.00. The highest BCUT2D eigenvalue weighted by molar-refractivity contribution is 6.76. The van der Waals surface area contributed by atoms with Crippen LogP contribution in [-0.4, -0.2) is 45.7 Å². The van der Waals surface area contributed by atoms with E-state index in [1.165, 1.54) is 17.0 Å². The maximum atomic E-state index is 11.9. The van der Waals surface area contributed by atoms with Gasteiger partial charge in [0.15, 0.2) is 0 Å². The number of hydrogen-bond donors (Lipinski definition) is 0. The lowest BCUT2D eigenvalue weighted by atomic mass is 10.2. The van der Waals surface area contributed by atoms with Crippen LogP contribution in [0, 0.1) is 10.1 Å². The number of rotatable bonds is 2. The van der Waals surface area contributed by atoms with Crippen LogP contribution in [0.15, 0.2) is 18.2 Å². The lowest BCUT2D eigenvalue weighted by Gasteiger charge is -2.37. The van der Waals surface area contributed by atoms with E-state index in [2.05, 4.69) is 0 Å². The SMILES string of the molecule is O=C(N1CCN(c2c(Cl)cccc2[N+](=O)[O-])CC1)C(Cl)(Cl)Cl. The fourth-order valence-corrected chi connectivity index (χ4v) is 2.92. The van der Waals surface area contributed by atoms with E-state index in [0.29, 0.717) is 18.8 Å². The topological polar surface area (TPSA) is 66.7 Å². The van der Waals surface area contributed by atoms with Gasteiger partial charge in [0.25, 0.3) is 15.4 Å². The van der Waals surface area contributed by atoms with Crippen molar-refractivity contribution in [2.75, 3.05) is 31.1 Å². The highest BCUT2D eigenvalue weighted by atomic mass is 35.6. The van der Waals surface area contributed by atoms with Gasteiger partial charge in [-0.1, -0.05) is 52.5 Å². The zero-order chi connectivity index (χ0) is 16.5. The Labute approximate surface area is 146 Å². The van der Waals surface area contributed by atoms with Crippen molar-refractivity contribution in [2.45, 2.75) is 3.79 Å². The number of para-hydroxylation sites is 1. The number of anilines is 1. The Morgan fingerprint density at radius 1 is 1.18 bits per heavy atom. The van der Waals surface area contributed by atoms with Gasteiger partial charge in [0.05, 0.1) is 9.95 Å². The summed E-state index contributed by atoms with van der Waals surface area (Å²) in [6.45, 7) is 1.29. The van der Waals surface area contributed by atoms with Gasteiger partial charge in [0, 0.05) is 32.2 Å². The average Bonchev–Trinajstić information content (AvgIpc) is 2.45. The van der Waals surface area contributed by atoms with Crippen LogP contribution in [0.2, 0.25) is 5.02 Å². The Bertz CT molecular complexity index is 598. The summed E-state index contributed by atoms with van der Waals surface area (Å²) in [4.78, 5) is 25.7. The predicted molar refractivity (Wildman–Crippen MR) is 87.2 cm³/mol. The summed E-state index contributed by atoms with van der Waals surface area (Å²) in [5.41, 5.74) is 0.267. The second-order valence-corrected chi connectivity index (χ2v) is 7.33. The van der Waals surface area contributed by atoms with Crippen LogP contribution >= 0.6 is 46.4 Å². The smallest absolute Gasteiger partial charge is 0.294 e. The largest absolute Gasteiger partial charge is 0.361 e. The maximum absolute atomic E-state index is 11.9. The first-order valence-corrected chi connectivity index (χ1v) is 7.77. The lowest BCUT2D eigenvalue weighted by molar-refractivity contribution is -0.384. The number of nitrogens with zero attached hydrogens (tertiary/aromatic N) is 3. The standard InChI is InChI=1S/C12H11Cl4N3O3/c13-8-2-1-3-9(19(21)22)10(8)17-4-6-18(7-5-17)11(20)12(14,15)16/h1-3H,4-7H2. The summed E-state index contributed by atoms with van der Waals surface area (Å²) in [5.74, 6) is -0.606. The molecule has 1 heterocycles. The molecule has 0 spiro atoms. The van der Waals surface area contributed by atoms with Gasteiger partial charge in [-0.05, 0) is 6.07 Å². The Kier molecular flexibility index (Phi) is 5.27. The number of carbonyl (C=O) groups excluding carboxylic acids is 1. The highest BCUT2D eigenvalue weighted by Crippen LogP contribution is 2.36. The molecule has 0 aliphatic carbocycles. The van der Waals surface area contributed by atoms with E-state index in [1.807, 2.05) is 0 Å². The van der Waals surface area contributed by atoms with Crippen molar-refractivity contribution in [3.63, 3.8) is 0 Å². The molecule has 0 aromatic heterocycles. The van der Waals surface area contributed by atoms with Crippen LogP contribution in [0.5, 0.6) is 0 Å². The first kappa shape index (κ1) is 17.4. The van der Waals surface area contributed by atoms with Crippen molar-refractivity contribution >= 4 is 63.7 Å². The number of benzene rings is 1. The van der Waals surface area contributed by atoms with Gasteiger partial charge in [-0.2, -0.15) is 0 Å². The zero-order valence-corrected chi connectivity index (χ0v) is 14.2. The molecule has 1 aromatic rings. The third-order valence-corrected chi connectivity index (χ3v) is 4.08. The molecule has 1 aliphatic heterocycles. The first-order chi connectivity index (χ1) is 10.2. The minimum atomic E-state index is -2.00. The molecule has 1 amide bonds. The van der Waals surface area contributed by atoms with E-state index in [4.69, 9.17) is 46.4 Å². The van der Waals surface area contributed by atoms with E-state index in [0.717, 1.165) is 0 Å². The minimum Gasteiger partial charge on any atom is -0.361 e. The summed E-state index contributed by atoms with van der Waals surface area (Å²) in [7, 11) is 0. The van der Waals surface area contributed by atoms with Crippen LogP contribution in [0.4, 0.5) is 11.4 Å². The molecule has 0 bridgehead atoms. The molecule has 10 heteroatoms. The second-order valence-electron chi connectivity index (χ2n) is 4.64. The number of hydrogen-bond acceptors (Lipinski definition) is 4. The molecule has 0 unspecified atom stereocenters. The fraction of sp³-hybridized carbons (Fsp3) is 0.417. The van der Waals surface area contributed by atoms with Crippen molar-refractivity contribution in [2.24, 2.45) is 0 Å². The Hall–Kier alpha value is -0.950. The van der Waals surface area contributed by atoms with Gasteiger partial charge in [0.1, 0.15) is 5.69 Å². The van der Waals surface area contributed by atoms with Gasteiger partial charge in [0.2, 0.25) is 0 Å². The van der Waals surface area contributed by atoms with Crippen LogP contribution in [0.3, 0.4) is 0 Å². The van der Waals surface area contributed by atoms with Crippen molar-refractivity contribution < 1.29 is 9.72 Å². The number of halogens is 4. The van der Waals surface area contributed by atoms with E-state index in [-0.39, 0.29) is 23.8 Å². The van der Waals surface area contributed by atoms with Crippen molar-refractivity contribution in [1.29, 1.82) is 0 Å². The van der Waals surface area contributed by atoms with Gasteiger partial charge in [-0.3, -0.25) is 14.9 Å². The number of carbonyl (C=O) groups is 1. The summed E-state index contributed by atoms with van der Waals surface area (Å²) in [6, 6.07) is 4.50. The van der Waals surface area contributed by atoms with Crippen molar-refractivity contribution in [3.05, 3.63) is 33.3 Å². The van der Waals surface area contributed by atoms with Crippen LogP contribution < -0.4 is 4.90 Å². The maximum Gasteiger partial charge on any atom is 0.294 e. The number of piperazine rings is 1.